The van der Waals surface area contributed by atoms with E-state index >= 15 is 0 Å². The fraction of sp³-hybridized carbons (Fsp3) is 0.323. The Bertz CT molecular complexity index is 1410. The van der Waals surface area contributed by atoms with E-state index in [-0.39, 0.29) is 12.6 Å². The molecule has 0 amide bonds. The van der Waals surface area contributed by atoms with E-state index in [9.17, 15) is 13.2 Å². The van der Waals surface area contributed by atoms with Crippen LogP contribution in [0.25, 0.3) is 5.69 Å². The molecule has 4 aromatic rings. The number of aryl methyl sites for hydroxylation is 1. The summed E-state index contributed by atoms with van der Waals surface area (Å²) in [7, 11) is 0. The molecule has 1 atom stereocenters. The molecule has 1 aliphatic rings. The van der Waals surface area contributed by atoms with Gasteiger partial charge in [0, 0.05) is 12.2 Å². The van der Waals surface area contributed by atoms with Crippen molar-refractivity contribution in [2.75, 3.05) is 11.9 Å². The molecule has 1 saturated carbocycles. The first-order valence-electron chi connectivity index (χ1n) is 13.5. The van der Waals surface area contributed by atoms with Gasteiger partial charge in [0.25, 0.3) is 0 Å². The van der Waals surface area contributed by atoms with Gasteiger partial charge >= 0.3 is 6.18 Å². The summed E-state index contributed by atoms with van der Waals surface area (Å²) in [5.74, 6) is 0.726. The Kier molecular flexibility index (Phi) is 8.04. The van der Waals surface area contributed by atoms with Crippen LogP contribution < -0.4 is 16.4 Å². The predicted molar refractivity (Wildman–Crippen MR) is 149 cm³/mol. The van der Waals surface area contributed by atoms with Crippen molar-refractivity contribution in [3.63, 3.8) is 0 Å². The molecule has 39 heavy (non-hydrogen) atoms. The highest BCUT2D eigenvalue weighted by Crippen LogP contribution is 2.32. The molecule has 1 aromatic heterocycles. The van der Waals surface area contributed by atoms with Gasteiger partial charge in [0.2, 0.25) is 0 Å². The zero-order valence-corrected chi connectivity index (χ0v) is 22.0. The molecular weight excluding hydrogens is 499 g/mol. The summed E-state index contributed by atoms with van der Waals surface area (Å²) in [6, 6.07) is 25.0. The van der Waals surface area contributed by atoms with Crippen LogP contribution in [0.3, 0.4) is 0 Å². The van der Waals surface area contributed by atoms with Crippen molar-refractivity contribution < 1.29 is 13.2 Å². The van der Waals surface area contributed by atoms with Crippen LogP contribution in [0.15, 0.2) is 78.9 Å². The SMILES string of the molecule is CCc1cccc(C(NCC2CC2)c2cccc(NCc3cc(C(F)(F)F)nn3-c3cccc(CN)c3)c2)c1. The van der Waals surface area contributed by atoms with Gasteiger partial charge in [-0.25, -0.2) is 4.68 Å². The van der Waals surface area contributed by atoms with Crippen molar-refractivity contribution in [3.8, 4) is 5.69 Å². The van der Waals surface area contributed by atoms with Gasteiger partial charge in [-0.3, -0.25) is 0 Å². The van der Waals surface area contributed by atoms with Crippen LogP contribution in [0.4, 0.5) is 18.9 Å². The second-order valence-electron chi connectivity index (χ2n) is 10.2. The maximum Gasteiger partial charge on any atom is 0.435 e. The maximum atomic E-state index is 13.6. The normalized spacial score (nSPS) is 14.4. The number of aromatic nitrogens is 2. The van der Waals surface area contributed by atoms with Crippen molar-refractivity contribution in [2.45, 2.75) is 51.5 Å². The number of alkyl halides is 3. The Hall–Kier alpha value is -3.62. The lowest BCUT2D eigenvalue weighted by Crippen LogP contribution is -2.24. The largest absolute Gasteiger partial charge is 0.435 e. The number of halogens is 3. The van der Waals surface area contributed by atoms with Crippen molar-refractivity contribution in [2.24, 2.45) is 11.7 Å². The third-order valence-corrected chi connectivity index (χ3v) is 7.16. The highest BCUT2D eigenvalue weighted by atomic mass is 19.4. The number of nitrogens with one attached hydrogen (secondary N) is 2. The lowest BCUT2D eigenvalue weighted by Gasteiger charge is -2.21. The summed E-state index contributed by atoms with van der Waals surface area (Å²) < 4.78 is 42.1. The number of hydrogen-bond donors (Lipinski definition) is 3. The standard InChI is InChI=1S/C31H34F3N5/c1-2-21-6-3-8-24(14-21)30(37-19-22-12-13-22)25-9-5-10-26(16-25)36-20-28-17-29(31(32,33)34)38-39(28)27-11-4-7-23(15-27)18-35/h3-11,14-17,22,30,36-37H,2,12-13,18-20,35H2,1H3. The summed E-state index contributed by atoms with van der Waals surface area (Å²) in [5, 5.41) is 11.0. The summed E-state index contributed by atoms with van der Waals surface area (Å²) in [4.78, 5) is 0. The molecule has 1 aliphatic carbocycles. The minimum Gasteiger partial charge on any atom is -0.379 e. The molecule has 0 aliphatic heterocycles. The molecule has 0 spiro atoms. The van der Waals surface area contributed by atoms with Crippen molar-refractivity contribution in [3.05, 3.63) is 113 Å². The van der Waals surface area contributed by atoms with Crippen molar-refractivity contribution >= 4 is 5.69 Å². The lowest BCUT2D eigenvalue weighted by molar-refractivity contribution is -0.141. The maximum absolute atomic E-state index is 13.6. The number of hydrogen-bond acceptors (Lipinski definition) is 4. The number of rotatable bonds is 11. The topological polar surface area (TPSA) is 67.9 Å². The third-order valence-electron chi connectivity index (χ3n) is 7.16. The van der Waals surface area contributed by atoms with Gasteiger partial charge in [0.15, 0.2) is 5.69 Å². The van der Waals surface area contributed by atoms with Gasteiger partial charge in [-0.05, 0) is 84.3 Å². The van der Waals surface area contributed by atoms with Crippen LogP contribution in [0.2, 0.25) is 0 Å². The van der Waals surface area contributed by atoms with Gasteiger partial charge in [0.05, 0.1) is 24.0 Å². The zero-order valence-electron chi connectivity index (χ0n) is 22.0. The van der Waals surface area contributed by atoms with Gasteiger partial charge in [-0.1, -0.05) is 55.5 Å². The van der Waals surface area contributed by atoms with Gasteiger partial charge in [0.1, 0.15) is 0 Å². The Morgan fingerprint density at radius 1 is 0.949 bits per heavy atom. The highest BCUT2D eigenvalue weighted by Gasteiger charge is 2.35. The fourth-order valence-corrected chi connectivity index (χ4v) is 4.77. The molecule has 0 bridgehead atoms. The van der Waals surface area contributed by atoms with Crippen LogP contribution in [0.5, 0.6) is 0 Å². The van der Waals surface area contributed by atoms with E-state index in [2.05, 4.69) is 59.1 Å². The average molecular weight is 534 g/mol. The molecule has 4 N–H and O–H groups in total. The molecule has 1 fully saturated rings. The second-order valence-corrected chi connectivity index (χ2v) is 10.2. The van der Waals surface area contributed by atoms with E-state index in [0.29, 0.717) is 17.9 Å². The molecule has 8 heteroatoms. The minimum absolute atomic E-state index is 0.0280. The molecule has 5 rings (SSSR count). The van der Waals surface area contributed by atoms with E-state index in [1.165, 1.54) is 28.7 Å². The predicted octanol–water partition coefficient (Wildman–Crippen LogP) is 6.61. The molecule has 5 nitrogen and oxygen atoms in total. The summed E-state index contributed by atoms with van der Waals surface area (Å²) in [6.45, 7) is 3.57. The summed E-state index contributed by atoms with van der Waals surface area (Å²) in [6.07, 6.45) is -1.05. The molecule has 3 aromatic carbocycles. The number of nitrogens with two attached hydrogens (primary N) is 1. The van der Waals surface area contributed by atoms with Crippen LogP contribution in [-0.4, -0.2) is 16.3 Å². The molecular formula is C31H34F3N5. The third kappa shape index (κ3) is 6.69. The average Bonchev–Trinajstić information content (AvgIpc) is 3.67. The minimum atomic E-state index is -4.54. The van der Waals surface area contributed by atoms with Crippen LogP contribution in [-0.2, 0) is 25.7 Å². The monoisotopic (exact) mass is 533 g/mol. The smallest absolute Gasteiger partial charge is 0.379 e. The Balaban J connectivity index is 1.41. The summed E-state index contributed by atoms with van der Waals surface area (Å²) in [5.41, 5.74) is 11.0. The number of benzene rings is 3. The van der Waals surface area contributed by atoms with Crippen LogP contribution in [0.1, 0.15) is 59.4 Å². The second kappa shape index (κ2) is 11.6. The molecule has 1 heterocycles. The molecule has 1 unspecified atom stereocenters. The van der Waals surface area contributed by atoms with Crippen LogP contribution >= 0.6 is 0 Å². The Labute approximate surface area is 227 Å². The summed E-state index contributed by atoms with van der Waals surface area (Å²) >= 11 is 0. The van der Waals surface area contributed by atoms with Gasteiger partial charge in [-0.2, -0.15) is 18.3 Å². The van der Waals surface area contributed by atoms with E-state index in [1.54, 1.807) is 18.2 Å². The zero-order chi connectivity index (χ0) is 27.4. The highest BCUT2D eigenvalue weighted by molar-refractivity contribution is 5.49. The first kappa shape index (κ1) is 27.0. The molecule has 204 valence electrons. The van der Waals surface area contributed by atoms with E-state index < -0.39 is 11.9 Å². The van der Waals surface area contributed by atoms with Gasteiger partial charge < -0.3 is 16.4 Å². The number of nitrogens with zero attached hydrogens (tertiary/aromatic N) is 2. The number of anilines is 1. The molecule has 0 saturated heterocycles. The van der Waals surface area contributed by atoms with Crippen molar-refractivity contribution in [1.82, 2.24) is 15.1 Å². The van der Waals surface area contributed by atoms with Crippen LogP contribution in [0, 0.1) is 5.92 Å². The first-order chi connectivity index (χ1) is 18.8. The quantitative estimate of drug-likeness (QED) is 0.203. The Morgan fingerprint density at radius 2 is 1.67 bits per heavy atom. The first-order valence-corrected chi connectivity index (χ1v) is 13.5. The van der Waals surface area contributed by atoms with E-state index in [4.69, 9.17) is 5.73 Å². The Morgan fingerprint density at radius 3 is 2.38 bits per heavy atom. The fourth-order valence-electron chi connectivity index (χ4n) is 4.77. The van der Waals surface area contributed by atoms with Gasteiger partial charge in [-0.15, -0.1) is 0 Å². The van der Waals surface area contributed by atoms with Crippen molar-refractivity contribution in [1.29, 1.82) is 0 Å². The lowest BCUT2D eigenvalue weighted by atomic mass is 9.96. The van der Waals surface area contributed by atoms with E-state index in [0.717, 1.165) is 41.8 Å². The molecule has 0 radical (unpaired) electrons. The van der Waals surface area contributed by atoms with E-state index in [1.807, 2.05) is 18.2 Å².